The summed E-state index contributed by atoms with van der Waals surface area (Å²) >= 11 is 1.82. The summed E-state index contributed by atoms with van der Waals surface area (Å²) in [6, 6.07) is 23.3. The van der Waals surface area contributed by atoms with Crippen molar-refractivity contribution in [3.63, 3.8) is 0 Å². The molecule has 1 aliphatic carbocycles. The Morgan fingerprint density at radius 1 is 0.878 bits per heavy atom. The van der Waals surface area contributed by atoms with Gasteiger partial charge in [-0.15, -0.1) is 40.5 Å². The first-order valence-electron chi connectivity index (χ1n) is 17.6. The Labute approximate surface area is 310 Å². The Hall–Kier alpha value is -3.18. The topological polar surface area (TPSA) is 63.1 Å². The second-order valence-electron chi connectivity index (χ2n) is 14.8. The molecule has 0 unspecified atom stereocenters. The van der Waals surface area contributed by atoms with Crippen LogP contribution < -0.4 is 0 Å². The van der Waals surface area contributed by atoms with Crippen LogP contribution in [0, 0.1) is 16.9 Å². The van der Waals surface area contributed by atoms with Gasteiger partial charge in [0.05, 0.1) is 0 Å². The van der Waals surface area contributed by atoms with Gasteiger partial charge in [0.15, 0.2) is 5.78 Å². The number of hydrogen-bond donors (Lipinski definition) is 1. The van der Waals surface area contributed by atoms with Crippen LogP contribution in [0.25, 0.3) is 43.4 Å². The number of allylic oxidation sites excluding steroid dienone is 2. The van der Waals surface area contributed by atoms with Gasteiger partial charge in [-0.1, -0.05) is 116 Å². The number of nitrogens with zero attached hydrogens (tertiary/aromatic N) is 2. The minimum absolute atomic E-state index is 0. The predicted octanol–water partition coefficient (Wildman–Crippen LogP) is 12.0. The van der Waals surface area contributed by atoms with Gasteiger partial charge in [-0.2, -0.15) is 0 Å². The van der Waals surface area contributed by atoms with Crippen molar-refractivity contribution in [3.05, 3.63) is 94.8 Å². The number of aliphatic hydroxyl groups excluding tert-OH is 1. The molecule has 2 heterocycles. The number of carbonyl (C=O) groups is 1. The average Bonchev–Trinajstić information content (AvgIpc) is 3.49. The van der Waals surface area contributed by atoms with Crippen LogP contribution >= 0.6 is 11.3 Å². The number of benzene rings is 3. The van der Waals surface area contributed by atoms with Gasteiger partial charge >= 0.3 is 0 Å². The zero-order valence-corrected chi connectivity index (χ0v) is 33.8. The van der Waals surface area contributed by atoms with Crippen molar-refractivity contribution < 1.29 is 30.0 Å². The molecule has 3 aromatic carbocycles. The summed E-state index contributed by atoms with van der Waals surface area (Å²) in [7, 11) is 0. The van der Waals surface area contributed by atoms with Crippen molar-refractivity contribution in [1.29, 1.82) is 0 Å². The summed E-state index contributed by atoms with van der Waals surface area (Å²) in [5.41, 5.74) is 6.88. The zero-order valence-electron chi connectivity index (χ0n) is 30.6. The second-order valence-corrected chi connectivity index (χ2v) is 15.9. The molecule has 0 fully saturated rings. The summed E-state index contributed by atoms with van der Waals surface area (Å²) in [6.07, 6.45) is 8.63. The molecular weight excluding hydrogens is 801 g/mol. The third-order valence-corrected chi connectivity index (χ3v) is 12.1. The van der Waals surface area contributed by atoms with E-state index in [1.165, 1.54) is 44.0 Å². The van der Waals surface area contributed by atoms with Crippen molar-refractivity contribution in [2.24, 2.45) is 10.8 Å². The van der Waals surface area contributed by atoms with E-state index in [1.807, 2.05) is 52.9 Å². The Balaban J connectivity index is 0.000000260. The molecule has 1 N–H and O–H groups in total. The maximum absolute atomic E-state index is 12.2. The average molecular weight is 852 g/mol. The number of ketones is 1. The molecule has 0 atom stereocenters. The molecular formula is C43H51IrN2O2S-. The van der Waals surface area contributed by atoms with Gasteiger partial charge in [0.2, 0.25) is 0 Å². The monoisotopic (exact) mass is 852 g/mol. The molecule has 5 aromatic rings. The molecule has 0 saturated heterocycles. The number of rotatable bonds is 8. The third-order valence-electron chi connectivity index (χ3n) is 10.9. The molecule has 1 radical (unpaired) electrons. The number of fused-ring (bicyclic) bond motifs is 6. The molecule has 6 heteroatoms. The van der Waals surface area contributed by atoms with Crippen LogP contribution in [-0.2, 0) is 43.2 Å². The summed E-state index contributed by atoms with van der Waals surface area (Å²) in [5.74, 6) is 0.286. The summed E-state index contributed by atoms with van der Waals surface area (Å²) in [4.78, 5) is 24.2. The quantitative estimate of drug-likeness (QED) is 0.0960. The smallest absolute Gasteiger partial charge is 0.164 e. The van der Waals surface area contributed by atoms with Crippen LogP contribution in [0.3, 0.4) is 0 Å². The molecule has 1 aliphatic rings. The van der Waals surface area contributed by atoms with Gasteiger partial charge in [0.25, 0.3) is 0 Å². The van der Waals surface area contributed by atoms with E-state index in [-0.39, 0.29) is 47.9 Å². The Kier molecular flexibility index (Phi) is 12.1. The summed E-state index contributed by atoms with van der Waals surface area (Å²) < 4.78 is 0. The van der Waals surface area contributed by atoms with Crippen molar-refractivity contribution in [3.8, 4) is 22.4 Å². The summed E-state index contributed by atoms with van der Waals surface area (Å²) in [5, 5.41) is 13.7. The minimum atomic E-state index is -0.337. The first-order chi connectivity index (χ1) is 22.8. The van der Waals surface area contributed by atoms with E-state index in [0.717, 1.165) is 60.0 Å². The van der Waals surface area contributed by atoms with Crippen LogP contribution in [0.4, 0.5) is 0 Å². The van der Waals surface area contributed by atoms with Crippen molar-refractivity contribution in [2.45, 2.75) is 106 Å². The van der Waals surface area contributed by atoms with Gasteiger partial charge in [-0.3, -0.25) is 9.78 Å². The molecule has 261 valence electrons. The maximum Gasteiger partial charge on any atom is 0.164 e. The number of aliphatic hydroxyl groups is 1. The largest absolute Gasteiger partial charge is 0.512 e. The number of aryl methyl sites for hydroxylation is 2. The number of hydrogen-bond acceptors (Lipinski definition) is 5. The molecule has 2 aromatic heterocycles. The third kappa shape index (κ3) is 7.62. The Bertz CT molecular complexity index is 1980. The van der Waals surface area contributed by atoms with Gasteiger partial charge in [-0.05, 0) is 55.1 Å². The molecule has 0 bridgehead atoms. The van der Waals surface area contributed by atoms with E-state index >= 15 is 0 Å². The van der Waals surface area contributed by atoms with E-state index in [1.54, 1.807) is 6.33 Å². The van der Waals surface area contributed by atoms with E-state index in [4.69, 9.17) is 4.98 Å². The molecule has 0 saturated carbocycles. The standard InChI is InChI=1S/C28H23N2S.C15H28O2.Ir/c1-28(2,3)22-15-19(14-18-9-5-6-10-20(18)22)26-25-24-21-11-7-4-8-17(21)12-13-23(24)31-27(25)30-16-29-26;1-7-14(5,8-2)12(16)11-13(17)15(6,9-3)10-4;/h4-11,15-16H,12-13H2,1-3H3;11,16H,7-10H2,1-6H3;/q-1;;/b;12-11-;. The predicted molar refractivity (Wildman–Crippen MR) is 204 cm³/mol. The number of aromatic nitrogens is 2. The number of carbonyl (C=O) groups excluding carboxylic acids is 1. The minimum Gasteiger partial charge on any atom is -0.512 e. The Morgan fingerprint density at radius 3 is 2.16 bits per heavy atom. The first kappa shape index (κ1) is 38.6. The molecule has 0 spiro atoms. The fourth-order valence-corrected chi connectivity index (χ4v) is 7.69. The molecule has 6 rings (SSSR count). The fraction of sp³-hybridized carbons (Fsp3) is 0.419. The first-order valence-corrected chi connectivity index (χ1v) is 18.4. The van der Waals surface area contributed by atoms with Crippen LogP contribution in [0.2, 0.25) is 0 Å². The van der Waals surface area contributed by atoms with E-state index < -0.39 is 0 Å². The van der Waals surface area contributed by atoms with Crippen LogP contribution in [-0.4, -0.2) is 20.9 Å². The van der Waals surface area contributed by atoms with E-state index in [0.29, 0.717) is 0 Å². The SMILES string of the molecule is CC(C)(C)c1cc(-c2ncnc3sc4c(c23)-c2ccccc2CC4)[c-]c2ccccc12.CCC(C)(CC)C(=O)/C=C(\O)C(C)(CC)CC.[Ir]. The molecule has 49 heavy (non-hydrogen) atoms. The van der Waals surface area contributed by atoms with Crippen LogP contribution in [0.15, 0.2) is 72.8 Å². The normalized spacial score (nSPS) is 13.3. The van der Waals surface area contributed by atoms with Crippen molar-refractivity contribution >= 4 is 38.1 Å². The van der Waals surface area contributed by atoms with E-state index in [2.05, 4.69) is 86.4 Å². The van der Waals surface area contributed by atoms with Crippen molar-refractivity contribution in [1.82, 2.24) is 9.97 Å². The van der Waals surface area contributed by atoms with Crippen LogP contribution in [0.5, 0.6) is 0 Å². The van der Waals surface area contributed by atoms with Crippen LogP contribution in [0.1, 0.15) is 104 Å². The summed E-state index contributed by atoms with van der Waals surface area (Å²) in [6.45, 7) is 18.9. The maximum atomic E-state index is 12.2. The molecule has 0 amide bonds. The second kappa shape index (κ2) is 15.4. The van der Waals surface area contributed by atoms with Crippen molar-refractivity contribution in [2.75, 3.05) is 0 Å². The van der Waals surface area contributed by atoms with Gasteiger partial charge < -0.3 is 5.11 Å². The fourth-order valence-electron chi connectivity index (χ4n) is 6.54. The molecule has 0 aliphatic heterocycles. The number of thiophene rings is 1. The Morgan fingerprint density at radius 2 is 1.51 bits per heavy atom. The van der Waals surface area contributed by atoms with Gasteiger partial charge in [-0.25, -0.2) is 4.98 Å². The van der Waals surface area contributed by atoms with Gasteiger partial charge in [0.1, 0.15) is 16.9 Å². The van der Waals surface area contributed by atoms with Gasteiger partial charge in [0, 0.05) is 58.5 Å². The van der Waals surface area contributed by atoms with E-state index in [9.17, 15) is 9.90 Å². The molecule has 4 nitrogen and oxygen atoms in total. The zero-order chi connectivity index (χ0) is 34.9.